The van der Waals surface area contributed by atoms with Gasteiger partial charge in [-0.25, -0.2) is 8.42 Å². The van der Waals surface area contributed by atoms with Crippen LogP contribution in [0.2, 0.25) is 0 Å². The van der Waals surface area contributed by atoms with Gasteiger partial charge in [0, 0.05) is 18.1 Å². The molecule has 1 saturated heterocycles. The van der Waals surface area contributed by atoms with Crippen LogP contribution in [0.1, 0.15) is 52.4 Å². The molecule has 2 aliphatic rings. The van der Waals surface area contributed by atoms with E-state index in [1.54, 1.807) is 4.31 Å². The van der Waals surface area contributed by atoms with Crippen LogP contribution < -0.4 is 5.73 Å². The molecule has 1 aliphatic heterocycles. The van der Waals surface area contributed by atoms with Gasteiger partial charge in [-0.3, -0.25) is 0 Å². The van der Waals surface area contributed by atoms with E-state index in [1.165, 1.54) is 6.42 Å². The van der Waals surface area contributed by atoms with E-state index in [4.69, 9.17) is 5.73 Å². The number of nitrogens with two attached hydrogens (primary N) is 1. The van der Waals surface area contributed by atoms with Gasteiger partial charge < -0.3 is 5.73 Å². The number of rotatable bonds is 2. The second kappa shape index (κ2) is 4.52. The van der Waals surface area contributed by atoms with E-state index in [0.29, 0.717) is 6.54 Å². The van der Waals surface area contributed by atoms with Gasteiger partial charge in [0.05, 0.1) is 5.25 Å². The number of hydrogen-bond acceptors (Lipinski definition) is 3. The lowest BCUT2D eigenvalue weighted by Crippen LogP contribution is -2.47. The predicted molar refractivity (Wildman–Crippen MR) is 69.2 cm³/mol. The molecule has 17 heavy (non-hydrogen) atoms. The second-order valence-electron chi connectivity index (χ2n) is 6.11. The number of hydrogen-bond donors (Lipinski definition) is 1. The molecule has 0 bridgehead atoms. The lowest BCUT2D eigenvalue weighted by molar-refractivity contribution is 0.284. The number of sulfonamides is 1. The van der Waals surface area contributed by atoms with Gasteiger partial charge in [0.2, 0.25) is 10.0 Å². The van der Waals surface area contributed by atoms with Crippen molar-refractivity contribution in [2.45, 2.75) is 69.2 Å². The smallest absolute Gasteiger partial charge is 0.217 e. The average molecular weight is 260 g/mol. The normalized spacial score (nSPS) is 31.8. The molecule has 0 aromatic carbocycles. The SMILES string of the molecule is CC1(C)CC(N)CN1S(=O)(=O)C1CCCCC1. The second-order valence-corrected chi connectivity index (χ2v) is 8.25. The zero-order valence-corrected chi connectivity index (χ0v) is 11.7. The standard InChI is InChI=1S/C12H24N2O2S/c1-12(2)8-10(13)9-14(12)17(15,16)11-6-4-3-5-7-11/h10-11H,3-9,13H2,1-2H3. The summed E-state index contributed by atoms with van der Waals surface area (Å²) in [6, 6.07) is -0.0108. The van der Waals surface area contributed by atoms with Gasteiger partial charge in [0.15, 0.2) is 0 Å². The van der Waals surface area contributed by atoms with E-state index in [2.05, 4.69) is 0 Å². The van der Waals surface area contributed by atoms with Crippen molar-refractivity contribution < 1.29 is 8.42 Å². The van der Waals surface area contributed by atoms with Crippen LogP contribution in [0, 0.1) is 0 Å². The van der Waals surface area contributed by atoms with Crippen LogP contribution in [0.3, 0.4) is 0 Å². The van der Waals surface area contributed by atoms with Crippen LogP contribution >= 0.6 is 0 Å². The van der Waals surface area contributed by atoms with Gasteiger partial charge in [-0.2, -0.15) is 4.31 Å². The minimum absolute atomic E-state index is 0.0108. The molecule has 1 saturated carbocycles. The van der Waals surface area contributed by atoms with Crippen LogP contribution in [-0.2, 0) is 10.0 Å². The van der Waals surface area contributed by atoms with E-state index >= 15 is 0 Å². The molecular weight excluding hydrogens is 236 g/mol. The summed E-state index contributed by atoms with van der Waals surface area (Å²) in [6.45, 7) is 4.46. The Balaban J connectivity index is 2.20. The van der Waals surface area contributed by atoms with E-state index in [0.717, 1.165) is 32.1 Å². The zero-order valence-electron chi connectivity index (χ0n) is 10.9. The average Bonchev–Trinajstić information content (AvgIpc) is 2.54. The third-order valence-electron chi connectivity index (χ3n) is 4.12. The van der Waals surface area contributed by atoms with E-state index in [9.17, 15) is 8.42 Å². The Kier molecular flexibility index (Phi) is 3.54. The first-order valence-corrected chi connectivity index (χ1v) is 8.11. The Hall–Kier alpha value is -0.130. The summed E-state index contributed by atoms with van der Waals surface area (Å²) in [5.41, 5.74) is 5.61. The fraction of sp³-hybridized carbons (Fsp3) is 1.00. The lowest BCUT2D eigenvalue weighted by Gasteiger charge is -2.34. The molecule has 100 valence electrons. The van der Waals surface area contributed by atoms with Crippen LogP contribution in [0.5, 0.6) is 0 Å². The highest BCUT2D eigenvalue weighted by Crippen LogP contribution is 2.35. The quantitative estimate of drug-likeness (QED) is 0.817. The summed E-state index contributed by atoms with van der Waals surface area (Å²) in [5, 5.41) is -0.166. The minimum Gasteiger partial charge on any atom is -0.326 e. The molecule has 1 aliphatic carbocycles. The summed E-state index contributed by atoms with van der Waals surface area (Å²) in [6.07, 6.45) is 5.68. The molecule has 1 heterocycles. The van der Waals surface area contributed by atoms with E-state index < -0.39 is 10.0 Å². The molecule has 4 nitrogen and oxygen atoms in total. The van der Waals surface area contributed by atoms with Gasteiger partial charge in [-0.05, 0) is 33.1 Å². The summed E-state index contributed by atoms with van der Waals surface area (Å²) < 4.78 is 26.9. The van der Waals surface area contributed by atoms with Crippen molar-refractivity contribution in [1.29, 1.82) is 0 Å². The predicted octanol–water partition coefficient (Wildman–Crippen LogP) is 1.46. The molecule has 0 spiro atoms. The van der Waals surface area contributed by atoms with Crippen LogP contribution in [0.4, 0.5) is 0 Å². The summed E-state index contributed by atoms with van der Waals surface area (Å²) >= 11 is 0. The summed E-state index contributed by atoms with van der Waals surface area (Å²) in [7, 11) is -3.15. The third kappa shape index (κ3) is 2.51. The van der Waals surface area contributed by atoms with Gasteiger partial charge in [0.25, 0.3) is 0 Å². The first kappa shape index (κ1) is 13.3. The summed E-state index contributed by atoms with van der Waals surface area (Å²) in [5.74, 6) is 0. The molecule has 1 atom stereocenters. The minimum atomic E-state index is -3.15. The number of nitrogens with zero attached hydrogens (tertiary/aromatic N) is 1. The molecule has 0 aromatic heterocycles. The van der Waals surface area contributed by atoms with Crippen molar-refractivity contribution in [1.82, 2.24) is 4.31 Å². The first-order chi connectivity index (χ1) is 7.84. The zero-order chi connectivity index (χ0) is 12.7. The first-order valence-electron chi connectivity index (χ1n) is 6.61. The topological polar surface area (TPSA) is 63.4 Å². The maximum absolute atomic E-state index is 12.6. The molecule has 5 heteroatoms. The van der Waals surface area contributed by atoms with Gasteiger partial charge in [0.1, 0.15) is 0 Å². The summed E-state index contributed by atoms with van der Waals surface area (Å²) in [4.78, 5) is 0. The fourth-order valence-corrected chi connectivity index (χ4v) is 5.71. The Morgan fingerprint density at radius 2 is 1.76 bits per heavy atom. The molecule has 2 N–H and O–H groups in total. The molecule has 0 radical (unpaired) electrons. The molecule has 2 rings (SSSR count). The van der Waals surface area contributed by atoms with Crippen molar-refractivity contribution in [2.24, 2.45) is 5.73 Å². The fourth-order valence-electron chi connectivity index (χ4n) is 3.26. The highest BCUT2D eigenvalue weighted by molar-refractivity contribution is 7.89. The van der Waals surface area contributed by atoms with E-state index in [-0.39, 0.29) is 16.8 Å². The highest BCUT2D eigenvalue weighted by Gasteiger charge is 2.46. The van der Waals surface area contributed by atoms with Crippen molar-refractivity contribution in [3.63, 3.8) is 0 Å². The maximum atomic E-state index is 12.6. The third-order valence-corrected chi connectivity index (χ3v) is 6.69. The van der Waals surface area contributed by atoms with Crippen LogP contribution in [0.25, 0.3) is 0 Å². The molecule has 2 fully saturated rings. The molecule has 0 aromatic rings. The Morgan fingerprint density at radius 3 is 2.24 bits per heavy atom. The Morgan fingerprint density at radius 1 is 1.18 bits per heavy atom. The van der Waals surface area contributed by atoms with Crippen molar-refractivity contribution in [3.05, 3.63) is 0 Å². The largest absolute Gasteiger partial charge is 0.326 e. The Bertz CT molecular complexity index is 372. The lowest BCUT2D eigenvalue weighted by atomic mass is 10.0. The van der Waals surface area contributed by atoms with Crippen molar-refractivity contribution in [2.75, 3.05) is 6.54 Å². The maximum Gasteiger partial charge on any atom is 0.217 e. The van der Waals surface area contributed by atoms with Crippen LogP contribution in [0.15, 0.2) is 0 Å². The molecular formula is C12H24N2O2S. The highest BCUT2D eigenvalue weighted by atomic mass is 32.2. The van der Waals surface area contributed by atoms with Gasteiger partial charge >= 0.3 is 0 Å². The van der Waals surface area contributed by atoms with E-state index in [1.807, 2.05) is 13.8 Å². The Labute approximate surface area is 105 Å². The van der Waals surface area contributed by atoms with Gasteiger partial charge in [-0.15, -0.1) is 0 Å². The van der Waals surface area contributed by atoms with Crippen molar-refractivity contribution >= 4 is 10.0 Å². The van der Waals surface area contributed by atoms with Crippen LogP contribution in [-0.4, -0.2) is 36.1 Å². The monoisotopic (exact) mass is 260 g/mol. The molecule has 1 unspecified atom stereocenters. The van der Waals surface area contributed by atoms with Gasteiger partial charge in [-0.1, -0.05) is 19.3 Å². The molecule has 0 amide bonds. The van der Waals surface area contributed by atoms with Crippen molar-refractivity contribution in [3.8, 4) is 0 Å².